The van der Waals surface area contributed by atoms with Crippen LogP contribution in [0.15, 0.2) is 35.5 Å². The molecular formula is C18H26O. The lowest BCUT2D eigenvalue weighted by molar-refractivity contribution is -0.104. The van der Waals surface area contributed by atoms with Gasteiger partial charge in [0.2, 0.25) is 0 Å². The van der Waals surface area contributed by atoms with Crippen LogP contribution in [0.5, 0.6) is 0 Å². The van der Waals surface area contributed by atoms with E-state index in [1.165, 1.54) is 24.0 Å². The minimum absolute atomic E-state index is 0.230. The number of hydrogen-bond donors (Lipinski definition) is 0. The third-order valence-corrected chi connectivity index (χ3v) is 5.18. The van der Waals surface area contributed by atoms with E-state index in [1.54, 1.807) is 0 Å². The van der Waals surface area contributed by atoms with E-state index in [0.717, 1.165) is 24.7 Å². The summed E-state index contributed by atoms with van der Waals surface area (Å²) in [5, 5.41) is 0. The Morgan fingerprint density at radius 1 is 1.32 bits per heavy atom. The van der Waals surface area contributed by atoms with Gasteiger partial charge in [0.25, 0.3) is 0 Å². The zero-order chi connectivity index (χ0) is 14.3. The van der Waals surface area contributed by atoms with Crippen LogP contribution in [0.4, 0.5) is 0 Å². The van der Waals surface area contributed by atoms with Gasteiger partial charge in [0.1, 0.15) is 6.29 Å². The number of carbonyl (C=O) groups is 1. The Morgan fingerprint density at radius 2 is 2.00 bits per heavy atom. The normalized spacial score (nSPS) is 28.4. The van der Waals surface area contributed by atoms with Gasteiger partial charge in [0.05, 0.1) is 0 Å². The molecule has 0 spiro atoms. The molecule has 1 heteroatoms. The zero-order valence-electron chi connectivity index (χ0n) is 12.8. The van der Waals surface area contributed by atoms with Gasteiger partial charge in [-0.2, -0.15) is 0 Å². The molecule has 1 atom stereocenters. The molecule has 0 bridgehead atoms. The van der Waals surface area contributed by atoms with E-state index >= 15 is 0 Å². The van der Waals surface area contributed by atoms with Gasteiger partial charge in [-0.15, -0.1) is 6.58 Å². The molecule has 104 valence electrons. The van der Waals surface area contributed by atoms with E-state index in [0.29, 0.717) is 11.3 Å². The van der Waals surface area contributed by atoms with Crippen LogP contribution in [0.3, 0.4) is 0 Å². The van der Waals surface area contributed by atoms with Gasteiger partial charge >= 0.3 is 0 Å². The fourth-order valence-corrected chi connectivity index (χ4v) is 3.65. The maximum atomic E-state index is 11.4. The van der Waals surface area contributed by atoms with Gasteiger partial charge in [-0.05, 0) is 42.4 Å². The Labute approximate surface area is 117 Å². The van der Waals surface area contributed by atoms with Crippen LogP contribution in [0.2, 0.25) is 0 Å². The first-order chi connectivity index (χ1) is 8.81. The summed E-state index contributed by atoms with van der Waals surface area (Å²) in [5.41, 5.74) is 4.22. The summed E-state index contributed by atoms with van der Waals surface area (Å²) in [6, 6.07) is 0. The van der Waals surface area contributed by atoms with Crippen LogP contribution >= 0.6 is 0 Å². The van der Waals surface area contributed by atoms with Crippen molar-refractivity contribution in [3.05, 3.63) is 35.5 Å². The molecule has 1 fully saturated rings. The summed E-state index contributed by atoms with van der Waals surface area (Å²) >= 11 is 0. The van der Waals surface area contributed by atoms with Crippen molar-refractivity contribution in [2.45, 2.75) is 53.4 Å². The van der Waals surface area contributed by atoms with E-state index in [9.17, 15) is 4.79 Å². The molecule has 0 radical (unpaired) electrons. The molecule has 2 rings (SSSR count). The van der Waals surface area contributed by atoms with Crippen LogP contribution in [-0.4, -0.2) is 6.29 Å². The smallest absolute Gasteiger partial charge is 0.150 e. The van der Waals surface area contributed by atoms with Crippen molar-refractivity contribution in [3.8, 4) is 0 Å². The van der Waals surface area contributed by atoms with Crippen molar-refractivity contribution in [1.29, 1.82) is 0 Å². The first-order valence-electron chi connectivity index (χ1n) is 7.32. The van der Waals surface area contributed by atoms with E-state index in [4.69, 9.17) is 0 Å². The molecule has 0 amide bonds. The lowest BCUT2D eigenvalue weighted by Gasteiger charge is -2.50. The second-order valence-electron chi connectivity index (χ2n) is 7.40. The summed E-state index contributed by atoms with van der Waals surface area (Å²) in [5.74, 6) is 0.579. The summed E-state index contributed by atoms with van der Waals surface area (Å²) in [4.78, 5) is 11.4. The molecule has 19 heavy (non-hydrogen) atoms. The van der Waals surface area contributed by atoms with Crippen molar-refractivity contribution in [3.63, 3.8) is 0 Å². The van der Waals surface area contributed by atoms with Crippen LogP contribution < -0.4 is 0 Å². The first-order valence-corrected chi connectivity index (χ1v) is 7.32. The minimum atomic E-state index is 0.230. The molecule has 1 saturated carbocycles. The highest BCUT2D eigenvalue weighted by Crippen LogP contribution is 2.56. The van der Waals surface area contributed by atoms with E-state index < -0.39 is 0 Å². The molecule has 2 aliphatic rings. The second-order valence-corrected chi connectivity index (χ2v) is 7.40. The van der Waals surface area contributed by atoms with E-state index in [2.05, 4.69) is 40.3 Å². The first kappa shape index (κ1) is 14.3. The molecule has 0 aliphatic heterocycles. The van der Waals surface area contributed by atoms with E-state index in [-0.39, 0.29) is 5.41 Å². The molecule has 0 aromatic carbocycles. The highest BCUT2D eigenvalue weighted by atomic mass is 16.1. The lowest BCUT2D eigenvalue weighted by atomic mass is 9.54. The molecule has 1 nitrogen and oxygen atoms in total. The number of allylic oxidation sites excluding steroid dienone is 5. The molecule has 0 aromatic heterocycles. The van der Waals surface area contributed by atoms with Gasteiger partial charge in [0.15, 0.2) is 0 Å². The fraction of sp³-hybridized carbons (Fsp3) is 0.611. The van der Waals surface area contributed by atoms with Gasteiger partial charge in [-0.25, -0.2) is 0 Å². The predicted octanol–water partition coefficient (Wildman–Crippen LogP) is 4.85. The van der Waals surface area contributed by atoms with Gasteiger partial charge in [-0.3, -0.25) is 4.79 Å². The highest BCUT2D eigenvalue weighted by Gasteiger charge is 2.45. The van der Waals surface area contributed by atoms with Crippen LogP contribution in [0, 0.1) is 16.7 Å². The Bertz CT molecular complexity index is 460. The van der Waals surface area contributed by atoms with Crippen molar-refractivity contribution >= 4 is 6.29 Å². The summed E-state index contributed by atoms with van der Waals surface area (Å²) < 4.78 is 0. The Balaban J connectivity index is 2.49. The lowest BCUT2D eigenvalue weighted by Crippen LogP contribution is -2.39. The Morgan fingerprint density at radius 3 is 2.58 bits per heavy atom. The maximum Gasteiger partial charge on any atom is 0.150 e. The average molecular weight is 258 g/mol. The second kappa shape index (κ2) is 4.77. The molecule has 0 heterocycles. The Hall–Kier alpha value is -1.11. The monoisotopic (exact) mass is 258 g/mol. The van der Waals surface area contributed by atoms with Gasteiger partial charge in [0, 0.05) is 5.57 Å². The SMILES string of the molecule is C=CCC1=C(C=O)C=C2C(C1)C(C)(C)CCC2(C)C. The number of carbonyl (C=O) groups excluding carboxylic acids is 1. The molecule has 1 unspecified atom stereocenters. The van der Waals surface area contributed by atoms with Gasteiger partial charge < -0.3 is 0 Å². The average Bonchev–Trinajstić information content (AvgIpc) is 2.35. The largest absolute Gasteiger partial charge is 0.298 e. The Kier molecular flexibility index (Phi) is 3.59. The van der Waals surface area contributed by atoms with Crippen LogP contribution in [0.1, 0.15) is 53.4 Å². The van der Waals surface area contributed by atoms with Gasteiger partial charge in [-0.1, -0.05) is 51.0 Å². The van der Waals surface area contributed by atoms with E-state index in [1.807, 2.05) is 6.08 Å². The zero-order valence-corrected chi connectivity index (χ0v) is 12.8. The summed E-state index contributed by atoms with van der Waals surface area (Å²) in [6.45, 7) is 13.2. The predicted molar refractivity (Wildman–Crippen MR) is 80.9 cm³/mol. The fourth-order valence-electron chi connectivity index (χ4n) is 3.65. The molecule has 0 aromatic rings. The highest BCUT2D eigenvalue weighted by molar-refractivity contribution is 5.80. The third-order valence-electron chi connectivity index (χ3n) is 5.18. The number of aldehydes is 1. The molecule has 0 saturated heterocycles. The summed E-state index contributed by atoms with van der Waals surface area (Å²) in [6.07, 6.45) is 9.47. The van der Waals surface area contributed by atoms with Crippen molar-refractivity contribution < 1.29 is 4.79 Å². The van der Waals surface area contributed by atoms with Crippen molar-refractivity contribution in [2.24, 2.45) is 16.7 Å². The molecule has 0 N–H and O–H groups in total. The van der Waals surface area contributed by atoms with Crippen molar-refractivity contribution in [2.75, 3.05) is 0 Å². The quantitative estimate of drug-likeness (QED) is 0.522. The number of rotatable bonds is 3. The van der Waals surface area contributed by atoms with Crippen molar-refractivity contribution in [1.82, 2.24) is 0 Å². The minimum Gasteiger partial charge on any atom is -0.298 e. The summed E-state index contributed by atoms with van der Waals surface area (Å²) in [7, 11) is 0. The number of hydrogen-bond acceptors (Lipinski definition) is 1. The molecule has 2 aliphatic carbocycles. The maximum absolute atomic E-state index is 11.4. The third kappa shape index (κ3) is 2.48. The van der Waals surface area contributed by atoms with Crippen LogP contribution in [0.25, 0.3) is 0 Å². The standard InChI is InChI=1S/C18H26O/c1-6-7-13-10-15-16(11-14(13)12-19)18(4,5)9-8-17(15,2)3/h6,11-12,15H,1,7-10H2,2-5H3. The number of fused-ring (bicyclic) bond motifs is 1. The molecular weight excluding hydrogens is 232 g/mol. The topological polar surface area (TPSA) is 17.1 Å². The van der Waals surface area contributed by atoms with Crippen LogP contribution in [-0.2, 0) is 4.79 Å².